The van der Waals surface area contributed by atoms with Gasteiger partial charge in [0, 0.05) is 30.9 Å². The van der Waals surface area contributed by atoms with Crippen LogP contribution in [0.25, 0.3) is 11.0 Å². The molecule has 2 heterocycles. The second-order valence-corrected chi connectivity index (χ2v) is 8.55. The first-order valence-corrected chi connectivity index (χ1v) is 9.49. The Labute approximate surface area is 152 Å². The van der Waals surface area contributed by atoms with E-state index in [1.54, 1.807) is 6.20 Å². The van der Waals surface area contributed by atoms with Gasteiger partial charge in [0.1, 0.15) is 11.2 Å². The van der Waals surface area contributed by atoms with Gasteiger partial charge in [0.2, 0.25) is 0 Å². The van der Waals surface area contributed by atoms with Crippen molar-refractivity contribution in [1.82, 2.24) is 9.97 Å². The number of carbonyl (C=O) groups is 1. The number of fused-ring (bicyclic) bond motifs is 1. The molecule has 6 nitrogen and oxygen atoms in total. The fraction of sp³-hybridized carbons (Fsp3) is 0.600. The lowest BCUT2D eigenvalue weighted by Crippen LogP contribution is -2.61. The summed E-state index contributed by atoms with van der Waals surface area (Å²) < 4.78 is 5.02. The van der Waals surface area contributed by atoms with E-state index in [2.05, 4.69) is 21.9 Å². The smallest absolute Gasteiger partial charge is 0.341 e. The van der Waals surface area contributed by atoms with E-state index >= 15 is 0 Å². The molecular weight excluding hydrogens is 330 g/mol. The van der Waals surface area contributed by atoms with Crippen LogP contribution in [-0.4, -0.2) is 46.8 Å². The van der Waals surface area contributed by atoms with Crippen LogP contribution in [0.2, 0.25) is 0 Å². The Hall–Kier alpha value is -2.08. The number of ether oxygens (including phenoxy) is 1. The second-order valence-electron chi connectivity index (χ2n) is 8.55. The molecule has 26 heavy (non-hydrogen) atoms. The molecule has 4 bridgehead atoms. The molecule has 0 amide bonds. The molecule has 4 saturated carbocycles. The minimum Gasteiger partial charge on any atom is -0.465 e. The summed E-state index contributed by atoms with van der Waals surface area (Å²) in [6, 6.07) is 2.32. The lowest BCUT2D eigenvalue weighted by Gasteiger charge is -2.60. The molecule has 4 aliphatic rings. The minimum absolute atomic E-state index is 0.343. The molecule has 6 heteroatoms. The van der Waals surface area contributed by atoms with E-state index in [1.807, 2.05) is 12.3 Å². The number of pyridine rings is 1. The van der Waals surface area contributed by atoms with Crippen molar-refractivity contribution in [3.8, 4) is 0 Å². The van der Waals surface area contributed by atoms with E-state index in [1.165, 1.54) is 20.0 Å². The first-order valence-electron chi connectivity index (χ1n) is 9.49. The van der Waals surface area contributed by atoms with Crippen molar-refractivity contribution in [2.24, 2.45) is 17.8 Å². The highest BCUT2D eigenvalue weighted by Gasteiger charge is 2.56. The Bertz CT molecular complexity index is 860. The lowest BCUT2D eigenvalue weighted by molar-refractivity contribution is -0.133. The number of anilines is 1. The molecule has 2 aromatic heterocycles. The van der Waals surface area contributed by atoms with Crippen LogP contribution in [0.5, 0.6) is 0 Å². The molecule has 4 aliphatic carbocycles. The molecule has 138 valence electrons. The minimum atomic E-state index is -0.458. The lowest BCUT2D eigenvalue weighted by atomic mass is 9.52. The number of methoxy groups -OCH3 is 1. The van der Waals surface area contributed by atoms with Crippen LogP contribution in [-0.2, 0) is 4.74 Å². The van der Waals surface area contributed by atoms with Gasteiger partial charge in [-0.05, 0) is 55.9 Å². The van der Waals surface area contributed by atoms with Crippen molar-refractivity contribution >= 4 is 22.7 Å². The van der Waals surface area contributed by atoms with E-state index in [9.17, 15) is 9.90 Å². The monoisotopic (exact) mass is 355 g/mol. The number of esters is 1. The number of hydrogen-bond acceptors (Lipinski definition) is 5. The van der Waals surface area contributed by atoms with Crippen LogP contribution in [0.4, 0.5) is 5.69 Å². The summed E-state index contributed by atoms with van der Waals surface area (Å²) in [6.45, 7) is 0. The number of aromatic nitrogens is 2. The van der Waals surface area contributed by atoms with Crippen LogP contribution < -0.4 is 4.90 Å². The molecule has 0 spiro atoms. The summed E-state index contributed by atoms with van der Waals surface area (Å²) in [7, 11) is 3.50. The second kappa shape index (κ2) is 5.46. The third-order valence-electron chi connectivity index (χ3n) is 6.95. The maximum absolute atomic E-state index is 12.4. The number of aliphatic hydroxyl groups is 1. The molecule has 2 N–H and O–H groups in total. The molecule has 1 unspecified atom stereocenters. The van der Waals surface area contributed by atoms with Crippen LogP contribution in [0.15, 0.2) is 18.5 Å². The van der Waals surface area contributed by atoms with Gasteiger partial charge < -0.3 is 19.7 Å². The zero-order chi connectivity index (χ0) is 18.1. The molecule has 0 radical (unpaired) electrons. The van der Waals surface area contributed by atoms with Crippen LogP contribution in [0.1, 0.15) is 42.5 Å². The van der Waals surface area contributed by atoms with Gasteiger partial charge in [-0.25, -0.2) is 9.78 Å². The average Bonchev–Trinajstić information content (AvgIpc) is 3.06. The normalized spacial score (nSPS) is 35.0. The zero-order valence-electron chi connectivity index (χ0n) is 15.2. The van der Waals surface area contributed by atoms with Gasteiger partial charge in [-0.15, -0.1) is 0 Å². The Morgan fingerprint density at radius 2 is 2.08 bits per heavy atom. The Morgan fingerprint density at radius 1 is 1.35 bits per heavy atom. The first kappa shape index (κ1) is 16.1. The zero-order valence-corrected chi connectivity index (χ0v) is 15.2. The molecule has 0 aromatic carbocycles. The molecule has 2 aromatic rings. The summed E-state index contributed by atoms with van der Waals surface area (Å²) >= 11 is 0. The van der Waals surface area contributed by atoms with Crippen molar-refractivity contribution in [2.45, 2.75) is 43.7 Å². The summed E-state index contributed by atoms with van der Waals surface area (Å²) in [6.07, 6.45) is 8.57. The predicted octanol–water partition coefficient (Wildman–Crippen LogP) is 2.73. The van der Waals surface area contributed by atoms with Gasteiger partial charge in [0.15, 0.2) is 0 Å². The van der Waals surface area contributed by atoms with Gasteiger partial charge in [0.05, 0.1) is 18.4 Å². The molecule has 0 aliphatic heterocycles. The number of nitrogens with one attached hydrogen (secondary N) is 1. The molecule has 4 fully saturated rings. The highest BCUT2D eigenvalue weighted by atomic mass is 16.5. The largest absolute Gasteiger partial charge is 0.465 e. The van der Waals surface area contributed by atoms with E-state index in [-0.39, 0.29) is 5.97 Å². The topological polar surface area (TPSA) is 78.5 Å². The fourth-order valence-corrected chi connectivity index (χ4v) is 6.37. The predicted molar refractivity (Wildman–Crippen MR) is 98.1 cm³/mol. The van der Waals surface area contributed by atoms with E-state index in [4.69, 9.17) is 4.74 Å². The summed E-state index contributed by atoms with van der Waals surface area (Å²) in [5.41, 5.74) is 1.73. The van der Waals surface area contributed by atoms with Crippen molar-refractivity contribution in [1.29, 1.82) is 0 Å². The van der Waals surface area contributed by atoms with Crippen LogP contribution in [0.3, 0.4) is 0 Å². The van der Waals surface area contributed by atoms with Gasteiger partial charge in [-0.1, -0.05) is 0 Å². The number of carbonyl (C=O) groups excluding carboxylic acids is 1. The van der Waals surface area contributed by atoms with E-state index in [0.717, 1.165) is 36.0 Å². The van der Waals surface area contributed by atoms with Crippen LogP contribution in [0, 0.1) is 17.8 Å². The average molecular weight is 355 g/mol. The van der Waals surface area contributed by atoms with Gasteiger partial charge in [-0.2, -0.15) is 0 Å². The standard InChI is InChI=1S/C20H25N3O3/c1-23(16-12-5-11-6-13(16)9-20(25,7-11)8-12)17-14-3-4-21-18(14)22-10-15(17)19(24)26-2/h3-4,10-13,16,25H,5-9H2,1-2H3,(H,21,22)/t11-,12-,13+,16?,20-. The molecule has 5 atom stereocenters. The third kappa shape index (κ3) is 2.21. The number of hydrogen-bond donors (Lipinski definition) is 2. The first-order chi connectivity index (χ1) is 12.5. The highest BCUT2D eigenvalue weighted by molar-refractivity contribution is 6.04. The quantitative estimate of drug-likeness (QED) is 0.828. The number of rotatable bonds is 3. The number of aromatic amines is 1. The number of nitrogens with zero attached hydrogens (tertiary/aromatic N) is 2. The van der Waals surface area contributed by atoms with Crippen LogP contribution >= 0.6 is 0 Å². The third-order valence-corrected chi connectivity index (χ3v) is 6.95. The fourth-order valence-electron chi connectivity index (χ4n) is 6.37. The van der Waals surface area contributed by atoms with E-state index in [0.29, 0.717) is 29.4 Å². The SMILES string of the molecule is COC(=O)c1cnc2[nH]ccc2c1N(C)C1[C@@H]2C[C@@H]3C[C@H]1C[C@@](O)(C3)C2. The summed E-state index contributed by atoms with van der Waals surface area (Å²) in [5.74, 6) is 1.25. The summed E-state index contributed by atoms with van der Waals surface area (Å²) in [4.78, 5) is 22.2. The van der Waals surface area contributed by atoms with Gasteiger partial charge >= 0.3 is 5.97 Å². The van der Waals surface area contributed by atoms with Gasteiger partial charge in [0.25, 0.3) is 0 Å². The maximum Gasteiger partial charge on any atom is 0.341 e. The molecule has 6 rings (SSSR count). The Morgan fingerprint density at radius 3 is 2.73 bits per heavy atom. The van der Waals surface area contributed by atoms with Crippen molar-refractivity contribution in [3.05, 3.63) is 24.0 Å². The summed E-state index contributed by atoms with van der Waals surface area (Å²) in [5, 5.41) is 11.8. The molecular formula is C20H25N3O3. The Kier molecular flexibility index (Phi) is 3.38. The van der Waals surface area contributed by atoms with E-state index < -0.39 is 5.60 Å². The maximum atomic E-state index is 12.4. The number of H-pyrrole nitrogens is 1. The Balaban J connectivity index is 1.60. The van der Waals surface area contributed by atoms with Crippen molar-refractivity contribution in [2.75, 3.05) is 19.1 Å². The van der Waals surface area contributed by atoms with Gasteiger partial charge in [-0.3, -0.25) is 0 Å². The molecule has 0 saturated heterocycles. The van der Waals surface area contributed by atoms with Crippen molar-refractivity contribution in [3.63, 3.8) is 0 Å². The highest BCUT2D eigenvalue weighted by Crippen LogP contribution is 2.57. The van der Waals surface area contributed by atoms with Crippen molar-refractivity contribution < 1.29 is 14.6 Å².